The summed E-state index contributed by atoms with van der Waals surface area (Å²) in [5, 5.41) is 5.81. The van der Waals surface area contributed by atoms with Crippen LogP contribution in [-0.2, 0) is 0 Å². The molecule has 4 rings (SSSR count). The van der Waals surface area contributed by atoms with Crippen LogP contribution < -0.4 is 0 Å². The minimum absolute atomic E-state index is 0.0614. The molecule has 0 spiro atoms. The van der Waals surface area contributed by atoms with Crippen molar-refractivity contribution in [3.8, 4) is 0 Å². The predicted octanol–water partition coefficient (Wildman–Crippen LogP) is 5.34. The van der Waals surface area contributed by atoms with E-state index < -0.39 is 0 Å². The maximum Gasteiger partial charge on any atom is 0.0960 e. The van der Waals surface area contributed by atoms with Gasteiger partial charge in [0.1, 0.15) is 0 Å². The second kappa shape index (κ2) is 6.55. The Morgan fingerprint density at radius 2 is 1.42 bits per heavy atom. The third kappa shape index (κ3) is 2.86. The van der Waals surface area contributed by atoms with Crippen molar-refractivity contribution in [3.63, 3.8) is 0 Å². The molecule has 0 bridgehead atoms. The van der Waals surface area contributed by atoms with E-state index in [2.05, 4.69) is 88.7 Å². The van der Waals surface area contributed by atoms with E-state index in [9.17, 15) is 0 Å². The fraction of sp³-hybridized carbons (Fsp3) is 0.0455. The zero-order chi connectivity index (χ0) is 16.2. The molecule has 0 aliphatic heterocycles. The van der Waals surface area contributed by atoms with Gasteiger partial charge in [-0.05, 0) is 17.2 Å². The fourth-order valence-electron chi connectivity index (χ4n) is 2.96. The summed E-state index contributed by atoms with van der Waals surface area (Å²) in [6.07, 6.45) is 6.31. The molecule has 0 amide bonds. The van der Waals surface area contributed by atoms with Gasteiger partial charge in [0.05, 0.1) is 17.8 Å². The average molecular weight is 310 g/mol. The predicted molar refractivity (Wildman–Crippen MR) is 99.8 cm³/mol. The number of para-hydroxylation sites is 1. The first-order chi connectivity index (χ1) is 11.9. The van der Waals surface area contributed by atoms with Crippen LogP contribution in [0.4, 0.5) is 0 Å². The van der Waals surface area contributed by atoms with Crippen molar-refractivity contribution >= 4 is 17.0 Å². The molecule has 1 heterocycles. The third-order valence-electron chi connectivity index (χ3n) is 4.18. The van der Waals surface area contributed by atoms with Crippen LogP contribution in [0.15, 0.2) is 97.2 Å². The lowest BCUT2D eigenvalue weighted by atomic mass is 10.0. The molecule has 1 unspecified atom stereocenters. The van der Waals surface area contributed by atoms with Crippen LogP contribution in [0.2, 0.25) is 0 Å². The number of hydrogen-bond acceptors (Lipinski definition) is 1. The van der Waals surface area contributed by atoms with Gasteiger partial charge in [-0.3, -0.25) is 4.68 Å². The second-order valence-electron chi connectivity index (χ2n) is 5.77. The molecule has 0 radical (unpaired) electrons. The molecule has 0 N–H and O–H groups in total. The van der Waals surface area contributed by atoms with Crippen LogP contribution >= 0.6 is 0 Å². The Balaban J connectivity index is 1.80. The van der Waals surface area contributed by atoms with Crippen molar-refractivity contribution in [2.24, 2.45) is 0 Å². The average Bonchev–Trinajstić information content (AvgIpc) is 3.08. The summed E-state index contributed by atoms with van der Waals surface area (Å²) in [5.74, 6) is 0. The van der Waals surface area contributed by atoms with Gasteiger partial charge < -0.3 is 0 Å². The van der Waals surface area contributed by atoms with E-state index in [0.717, 1.165) is 10.9 Å². The van der Waals surface area contributed by atoms with E-state index in [1.165, 1.54) is 11.1 Å². The Kier molecular flexibility index (Phi) is 3.95. The fourth-order valence-corrected chi connectivity index (χ4v) is 2.96. The summed E-state index contributed by atoms with van der Waals surface area (Å²) >= 11 is 0. The topological polar surface area (TPSA) is 17.8 Å². The molecular formula is C22H18N2. The van der Waals surface area contributed by atoms with Gasteiger partial charge in [0.25, 0.3) is 0 Å². The van der Waals surface area contributed by atoms with E-state index >= 15 is 0 Å². The van der Waals surface area contributed by atoms with E-state index in [0.29, 0.717) is 0 Å². The molecule has 1 aromatic heterocycles. The molecule has 24 heavy (non-hydrogen) atoms. The van der Waals surface area contributed by atoms with Crippen molar-refractivity contribution in [2.75, 3.05) is 0 Å². The Morgan fingerprint density at radius 1 is 0.750 bits per heavy atom. The van der Waals surface area contributed by atoms with Crippen molar-refractivity contribution in [1.82, 2.24) is 9.78 Å². The lowest BCUT2D eigenvalue weighted by Gasteiger charge is -2.15. The number of fused-ring (bicyclic) bond motifs is 1. The van der Waals surface area contributed by atoms with Crippen LogP contribution in [0.1, 0.15) is 17.2 Å². The minimum Gasteiger partial charge on any atom is -0.253 e. The van der Waals surface area contributed by atoms with Gasteiger partial charge in [-0.25, -0.2) is 0 Å². The minimum atomic E-state index is 0.0614. The molecular weight excluding hydrogens is 292 g/mol. The molecule has 3 aromatic carbocycles. The first-order valence-electron chi connectivity index (χ1n) is 8.12. The Morgan fingerprint density at radius 3 is 2.21 bits per heavy atom. The molecule has 0 saturated carbocycles. The van der Waals surface area contributed by atoms with E-state index in [1.54, 1.807) is 0 Å². The Bertz CT molecular complexity index is 953. The van der Waals surface area contributed by atoms with Crippen LogP contribution in [0.3, 0.4) is 0 Å². The standard InChI is InChI=1S/C22H18N2/c1-3-9-18(10-4-1)15-16-22(19-11-5-2-6-12-19)24-21-14-8-7-13-20(21)17-23-24/h1-17,22H/b16-15+. The van der Waals surface area contributed by atoms with E-state index in [1.807, 2.05) is 24.4 Å². The van der Waals surface area contributed by atoms with Crippen LogP contribution in [0, 0.1) is 0 Å². The van der Waals surface area contributed by atoms with Gasteiger partial charge >= 0.3 is 0 Å². The lowest BCUT2D eigenvalue weighted by Crippen LogP contribution is -2.09. The molecule has 2 heteroatoms. The molecule has 1 atom stereocenters. The van der Waals surface area contributed by atoms with Crippen LogP contribution in [0.5, 0.6) is 0 Å². The van der Waals surface area contributed by atoms with Crippen LogP contribution in [0.25, 0.3) is 17.0 Å². The highest BCUT2D eigenvalue weighted by atomic mass is 15.3. The third-order valence-corrected chi connectivity index (χ3v) is 4.18. The first-order valence-corrected chi connectivity index (χ1v) is 8.12. The first kappa shape index (κ1) is 14.5. The van der Waals surface area contributed by atoms with Gasteiger partial charge in [-0.15, -0.1) is 0 Å². The van der Waals surface area contributed by atoms with Gasteiger partial charge in [0.2, 0.25) is 0 Å². The summed E-state index contributed by atoms with van der Waals surface area (Å²) < 4.78 is 2.09. The van der Waals surface area contributed by atoms with Gasteiger partial charge in [0, 0.05) is 5.39 Å². The summed E-state index contributed by atoms with van der Waals surface area (Å²) in [7, 11) is 0. The molecule has 4 aromatic rings. The largest absolute Gasteiger partial charge is 0.253 e. The molecule has 0 aliphatic carbocycles. The van der Waals surface area contributed by atoms with Gasteiger partial charge in [-0.1, -0.05) is 91.0 Å². The number of rotatable bonds is 4. The molecule has 0 saturated heterocycles. The Hall–Kier alpha value is -3.13. The molecule has 0 fully saturated rings. The highest BCUT2D eigenvalue weighted by Gasteiger charge is 2.13. The van der Waals surface area contributed by atoms with E-state index in [-0.39, 0.29) is 6.04 Å². The number of hydrogen-bond donors (Lipinski definition) is 0. The molecule has 116 valence electrons. The smallest absolute Gasteiger partial charge is 0.0960 e. The summed E-state index contributed by atoms with van der Waals surface area (Å²) in [6, 6.07) is 29.2. The van der Waals surface area contributed by atoms with E-state index in [4.69, 9.17) is 0 Å². The van der Waals surface area contributed by atoms with Crippen molar-refractivity contribution in [1.29, 1.82) is 0 Å². The monoisotopic (exact) mass is 310 g/mol. The quantitative estimate of drug-likeness (QED) is 0.497. The van der Waals surface area contributed by atoms with Crippen LogP contribution in [-0.4, -0.2) is 9.78 Å². The highest BCUT2D eigenvalue weighted by Crippen LogP contribution is 2.25. The summed E-state index contributed by atoms with van der Waals surface area (Å²) in [4.78, 5) is 0. The highest BCUT2D eigenvalue weighted by molar-refractivity contribution is 5.78. The maximum absolute atomic E-state index is 4.65. The normalized spacial score (nSPS) is 12.7. The van der Waals surface area contributed by atoms with Crippen molar-refractivity contribution in [2.45, 2.75) is 6.04 Å². The SMILES string of the molecule is C(=C\C(c1ccccc1)n1ncc2ccccc21)/c1ccccc1. The number of aromatic nitrogens is 2. The summed E-state index contributed by atoms with van der Waals surface area (Å²) in [5.41, 5.74) is 3.55. The van der Waals surface area contributed by atoms with Crippen molar-refractivity contribution < 1.29 is 0 Å². The zero-order valence-corrected chi connectivity index (χ0v) is 13.3. The maximum atomic E-state index is 4.65. The summed E-state index contributed by atoms with van der Waals surface area (Å²) in [6.45, 7) is 0. The lowest BCUT2D eigenvalue weighted by molar-refractivity contribution is 0.635. The number of benzene rings is 3. The number of nitrogens with zero attached hydrogens (tertiary/aromatic N) is 2. The molecule has 0 aliphatic rings. The van der Waals surface area contributed by atoms with Crippen molar-refractivity contribution in [3.05, 3.63) is 108 Å². The Labute approximate surface area is 141 Å². The van der Waals surface area contributed by atoms with Gasteiger partial charge in [0.15, 0.2) is 0 Å². The van der Waals surface area contributed by atoms with Gasteiger partial charge in [-0.2, -0.15) is 5.10 Å². The second-order valence-corrected chi connectivity index (χ2v) is 5.77. The number of allylic oxidation sites excluding steroid dienone is 1. The zero-order valence-electron chi connectivity index (χ0n) is 13.3. The molecule has 2 nitrogen and oxygen atoms in total.